The topological polar surface area (TPSA) is 36.9 Å². The van der Waals surface area contributed by atoms with Gasteiger partial charge in [-0.25, -0.2) is 0 Å². The van der Waals surface area contributed by atoms with Crippen molar-refractivity contribution in [1.29, 1.82) is 5.26 Å². The standard InChI is InChI=1S/C13H6Br2INO/c14-10-3-1-8(2-4-10)9(7-17)5-11-6-12(15)13(16)18-11/h1-6H/b9-5-. The number of nitrogens with zero attached hydrogens (tertiary/aromatic N) is 1. The number of rotatable bonds is 2. The van der Waals surface area contributed by atoms with E-state index in [0.29, 0.717) is 11.3 Å². The van der Waals surface area contributed by atoms with Gasteiger partial charge in [0.2, 0.25) is 0 Å². The van der Waals surface area contributed by atoms with Gasteiger partial charge in [0.05, 0.1) is 16.1 Å². The molecule has 0 unspecified atom stereocenters. The van der Waals surface area contributed by atoms with E-state index in [0.717, 1.165) is 18.3 Å². The summed E-state index contributed by atoms with van der Waals surface area (Å²) in [4.78, 5) is 0. The Bertz CT molecular complexity index is 619. The second-order valence-corrected chi connectivity index (χ2v) is 6.20. The summed E-state index contributed by atoms with van der Waals surface area (Å²) in [6, 6.07) is 11.6. The Kier molecular flexibility index (Phi) is 4.65. The van der Waals surface area contributed by atoms with Crippen molar-refractivity contribution in [3.05, 3.63) is 54.4 Å². The maximum Gasteiger partial charge on any atom is 0.178 e. The highest BCUT2D eigenvalue weighted by molar-refractivity contribution is 14.1. The SMILES string of the molecule is N#C/C(=C/c1cc(Br)c(I)o1)c1ccc(Br)cc1. The predicted octanol–water partition coefficient (Wildman–Crippen LogP) is 5.47. The van der Waals surface area contributed by atoms with E-state index < -0.39 is 0 Å². The summed E-state index contributed by atoms with van der Waals surface area (Å²) in [6.07, 6.45) is 1.73. The van der Waals surface area contributed by atoms with E-state index in [1.807, 2.05) is 30.3 Å². The second kappa shape index (κ2) is 6.04. The molecule has 0 aliphatic rings. The summed E-state index contributed by atoms with van der Waals surface area (Å²) in [5, 5.41) is 9.20. The molecule has 1 aromatic carbocycles. The molecule has 0 fully saturated rings. The van der Waals surface area contributed by atoms with Gasteiger partial charge in [-0.05, 0) is 45.8 Å². The first-order chi connectivity index (χ1) is 8.60. The molecule has 0 saturated carbocycles. The lowest BCUT2D eigenvalue weighted by Gasteiger charge is -1.98. The summed E-state index contributed by atoms with van der Waals surface area (Å²) < 4.78 is 8.14. The van der Waals surface area contributed by atoms with Crippen LogP contribution in [0.15, 0.2) is 43.7 Å². The molecule has 0 bridgehead atoms. The number of hydrogen-bond donors (Lipinski definition) is 0. The Morgan fingerprint density at radius 3 is 2.44 bits per heavy atom. The molecule has 0 saturated heterocycles. The molecule has 90 valence electrons. The predicted molar refractivity (Wildman–Crippen MR) is 86.8 cm³/mol. The lowest BCUT2D eigenvalue weighted by atomic mass is 10.1. The van der Waals surface area contributed by atoms with Crippen molar-refractivity contribution in [2.75, 3.05) is 0 Å². The Labute approximate surface area is 135 Å². The molecule has 0 aliphatic heterocycles. The van der Waals surface area contributed by atoms with Crippen molar-refractivity contribution in [3.8, 4) is 6.07 Å². The van der Waals surface area contributed by atoms with Crippen molar-refractivity contribution in [2.24, 2.45) is 0 Å². The average molecular weight is 479 g/mol. The van der Waals surface area contributed by atoms with Gasteiger partial charge in [0.25, 0.3) is 0 Å². The van der Waals surface area contributed by atoms with Crippen molar-refractivity contribution in [2.45, 2.75) is 0 Å². The van der Waals surface area contributed by atoms with Gasteiger partial charge in [0, 0.05) is 27.1 Å². The minimum atomic E-state index is 0.570. The van der Waals surface area contributed by atoms with Crippen LogP contribution in [-0.2, 0) is 0 Å². The van der Waals surface area contributed by atoms with Crippen LogP contribution in [0, 0.1) is 15.1 Å². The van der Waals surface area contributed by atoms with Crippen LogP contribution >= 0.6 is 54.5 Å². The Balaban J connectivity index is 2.40. The van der Waals surface area contributed by atoms with Gasteiger partial charge in [-0.3, -0.25) is 0 Å². The molecule has 2 nitrogen and oxygen atoms in total. The first-order valence-corrected chi connectivity index (χ1v) is 7.59. The number of hydrogen-bond acceptors (Lipinski definition) is 2. The van der Waals surface area contributed by atoms with Crippen LogP contribution < -0.4 is 0 Å². The van der Waals surface area contributed by atoms with Gasteiger partial charge in [0.1, 0.15) is 5.76 Å². The number of nitriles is 1. The molecule has 18 heavy (non-hydrogen) atoms. The minimum absolute atomic E-state index is 0.570. The zero-order valence-corrected chi connectivity index (χ0v) is 14.3. The van der Waals surface area contributed by atoms with Crippen LogP contribution in [0.3, 0.4) is 0 Å². The minimum Gasteiger partial charge on any atom is -0.450 e. The van der Waals surface area contributed by atoms with Crippen molar-refractivity contribution >= 4 is 66.1 Å². The van der Waals surface area contributed by atoms with Crippen molar-refractivity contribution in [3.63, 3.8) is 0 Å². The summed E-state index contributed by atoms with van der Waals surface area (Å²) in [5.74, 6) is 0.658. The molecule has 0 atom stereocenters. The van der Waals surface area contributed by atoms with Gasteiger partial charge < -0.3 is 4.42 Å². The van der Waals surface area contributed by atoms with Crippen LogP contribution in [0.2, 0.25) is 0 Å². The molecule has 0 N–H and O–H groups in total. The zero-order valence-electron chi connectivity index (χ0n) is 8.95. The fourth-order valence-electron chi connectivity index (χ4n) is 1.39. The fourth-order valence-corrected chi connectivity index (χ4v) is 2.37. The number of allylic oxidation sites excluding steroid dienone is 1. The van der Waals surface area contributed by atoms with Crippen molar-refractivity contribution in [1.82, 2.24) is 0 Å². The van der Waals surface area contributed by atoms with E-state index in [2.05, 4.69) is 60.5 Å². The van der Waals surface area contributed by atoms with E-state index in [9.17, 15) is 5.26 Å². The van der Waals surface area contributed by atoms with Gasteiger partial charge in [0.15, 0.2) is 3.77 Å². The van der Waals surface area contributed by atoms with Gasteiger partial charge in [-0.1, -0.05) is 28.1 Å². The van der Waals surface area contributed by atoms with Crippen LogP contribution in [0.25, 0.3) is 11.6 Å². The molecule has 5 heteroatoms. The lowest BCUT2D eigenvalue weighted by Crippen LogP contribution is -1.80. The highest BCUT2D eigenvalue weighted by Gasteiger charge is 2.06. The summed E-state index contributed by atoms with van der Waals surface area (Å²) in [7, 11) is 0. The third-order valence-corrected chi connectivity index (χ3v) is 4.89. The third kappa shape index (κ3) is 3.25. The number of furan rings is 1. The summed E-state index contributed by atoms with van der Waals surface area (Å²) >= 11 is 8.83. The van der Waals surface area contributed by atoms with Crippen LogP contribution in [-0.4, -0.2) is 0 Å². The van der Waals surface area contributed by atoms with E-state index in [1.54, 1.807) is 6.08 Å². The van der Waals surface area contributed by atoms with Gasteiger partial charge in [-0.2, -0.15) is 5.26 Å². The fraction of sp³-hybridized carbons (Fsp3) is 0. The largest absolute Gasteiger partial charge is 0.450 e. The van der Waals surface area contributed by atoms with Crippen LogP contribution in [0.4, 0.5) is 0 Å². The monoisotopic (exact) mass is 477 g/mol. The molecule has 1 heterocycles. The lowest BCUT2D eigenvalue weighted by molar-refractivity contribution is 0.527. The first kappa shape index (κ1) is 13.8. The number of halogens is 3. The van der Waals surface area contributed by atoms with Gasteiger partial charge in [-0.15, -0.1) is 0 Å². The number of benzene rings is 1. The average Bonchev–Trinajstić information content (AvgIpc) is 2.67. The maximum absolute atomic E-state index is 9.20. The quantitative estimate of drug-likeness (QED) is 0.424. The Hall–Kier alpha value is -0.580. The van der Waals surface area contributed by atoms with Gasteiger partial charge >= 0.3 is 0 Å². The molecule has 1 aromatic heterocycles. The maximum atomic E-state index is 9.20. The second-order valence-electron chi connectivity index (χ2n) is 3.45. The van der Waals surface area contributed by atoms with E-state index in [-0.39, 0.29) is 0 Å². The highest BCUT2D eigenvalue weighted by Crippen LogP contribution is 2.26. The zero-order chi connectivity index (χ0) is 13.1. The molecule has 2 aromatic rings. The van der Waals surface area contributed by atoms with Crippen LogP contribution in [0.1, 0.15) is 11.3 Å². The van der Waals surface area contributed by atoms with Crippen LogP contribution in [0.5, 0.6) is 0 Å². The molecular weight excluding hydrogens is 473 g/mol. The Morgan fingerprint density at radius 1 is 1.28 bits per heavy atom. The summed E-state index contributed by atoms with van der Waals surface area (Å²) in [5.41, 5.74) is 1.43. The Morgan fingerprint density at radius 2 is 1.94 bits per heavy atom. The normalized spacial score (nSPS) is 11.3. The van der Waals surface area contributed by atoms with Crippen molar-refractivity contribution < 1.29 is 4.42 Å². The van der Waals surface area contributed by atoms with E-state index in [1.165, 1.54) is 0 Å². The van der Waals surface area contributed by atoms with E-state index >= 15 is 0 Å². The molecule has 2 rings (SSSR count). The van der Waals surface area contributed by atoms with E-state index in [4.69, 9.17) is 4.42 Å². The smallest absolute Gasteiger partial charge is 0.178 e. The first-order valence-electron chi connectivity index (χ1n) is 4.92. The third-order valence-electron chi connectivity index (χ3n) is 2.23. The molecule has 0 radical (unpaired) electrons. The molecule has 0 amide bonds. The molecule has 0 aliphatic carbocycles. The molecule has 0 spiro atoms. The molecular formula is C13H6Br2INO. The summed E-state index contributed by atoms with van der Waals surface area (Å²) in [6.45, 7) is 0. The highest BCUT2D eigenvalue weighted by atomic mass is 127.